The van der Waals surface area contributed by atoms with Gasteiger partial charge in [0.2, 0.25) is 0 Å². The van der Waals surface area contributed by atoms with Gasteiger partial charge in [-0.25, -0.2) is 9.59 Å². The smallest absolute Gasteiger partial charge is 0.347 e. The lowest BCUT2D eigenvalue weighted by Gasteiger charge is -2.22. The standard InChI is InChI=1S/C12H14Cl2O4/c1-3-17-10(15)8(2)18-11(16)12(14)6-4-9(13)5-7-12/h4-9H,3H2,1-2H3. The van der Waals surface area contributed by atoms with E-state index < -0.39 is 22.9 Å². The molecule has 0 aromatic rings. The van der Waals surface area contributed by atoms with Crippen LogP contribution in [0.25, 0.3) is 0 Å². The van der Waals surface area contributed by atoms with Crippen LogP contribution in [0, 0.1) is 0 Å². The van der Waals surface area contributed by atoms with E-state index in [1.54, 1.807) is 19.1 Å². The van der Waals surface area contributed by atoms with Gasteiger partial charge in [0, 0.05) is 0 Å². The first-order valence-electron chi connectivity index (χ1n) is 5.48. The first kappa shape index (κ1) is 15.1. The van der Waals surface area contributed by atoms with Crippen LogP contribution in [0.15, 0.2) is 24.3 Å². The maximum atomic E-state index is 11.8. The SMILES string of the molecule is CCOC(=O)C(C)OC(=O)C1(Cl)C=CC(Cl)C=C1. The molecule has 0 aromatic heterocycles. The number of halogens is 2. The van der Waals surface area contributed by atoms with Crippen molar-refractivity contribution < 1.29 is 19.1 Å². The Morgan fingerprint density at radius 2 is 1.94 bits per heavy atom. The van der Waals surface area contributed by atoms with E-state index in [0.29, 0.717) is 0 Å². The third kappa shape index (κ3) is 3.75. The molecule has 0 amide bonds. The van der Waals surface area contributed by atoms with Crippen LogP contribution >= 0.6 is 23.2 Å². The molecule has 6 heteroatoms. The van der Waals surface area contributed by atoms with Crippen molar-refractivity contribution in [1.29, 1.82) is 0 Å². The quantitative estimate of drug-likeness (QED) is 0.453. The minimum absolute atomic E-state index is 0.223. The number of hydrogen-bond donors (Lipinski definition) is 0. The number of hydrogen-bond acceptors (Lipinski definition) is 4. The first-order chi connectivity index (χ1) is 8.39. The number of alkyl halides is 2. The molecule has 0 saturated carbocycles. The van der Waals surface area contributed by atoms with Crippen molar-refractivity contribution in [3.63, 3.8) is 0 Å². The summed E-state index contributed by atoms with van der Waals surface area (Å²) >= 11 is 11.8. The molecule has 1 atom stereocenters. The van der Waals surface area contributed by atoms with E-state index in [4.69, 9.17) is 32.7 Å². The van der Waals surface area contributed by atoms with E-state index in [9.17, 15) is 9.59 Å². The molecule has 18 heavy (non-hydrogen) atoms. The fourth-order valence-corrected chi connectivity index (χ4v) is 1.61. The van der Waals surface area contributed by atoms with E-state index in [0.717, 1.165) is 0 Å². The zero-order valence-corrected chi connectivity index (χ0v) is 11.6. The summed E-state index contributed by atoms with van der Waals surface area (Å²) in [6, 6.07) is 0. The van der Waals surface area contributed by atoms with Gasteiger partial charge in [-0.15, -0.1) is 11.6 Å². The Kier molecular flexibility index (Phi) is 5.23. The Labute approximate surface area is 116 Å². The minimum atomic E-state index is -1.41. The molecule has 0 saturated heterocycles. The van der Waals surface area contributed by atoms with Crippen molar-refractivity contribution >= 4 is 35.1 Å². The summed E-state index contributed by atoms with van der Waals surface area (Å²) in [5.41, 5.74) is 0. The highest BCUT2D eigenvalue weighted by atomic mass is 35.5. The molecule has 1 unspecified atom stereocenters. The van der Waals surface area contributed by atoms with Gasteiger partial charge in [0.15, 0.2) is 11.0 Å². The number of esters is 2. The molecule has 1 aliphatic rings. The lowest BCUT2D eigenvalue weighted by Crippen LogP contribution is -2.37. The van der Waals surface area contributed by atoms with Gasteiger partial charge in [-0.1, -0.05) is 35.9 Å². The maximum Gasteiger partial charge on any atom is 0.347 e. The molecule has 0 spiro atoms. The van der Waals surface area contributed by atoms with Gasteiger partial charge < -0.3 is 9.47 Å². The summed E-state index contributed by atoms with van der Waals surface area (Å²) in [7, 11) is 0. The van der Waals surface area contributed by atoms with Crippen LogP contribution in [-0.4, -0.2) is 34.9 Å². The molecule has 1 aliphatic carbocycles. The normalized spacial score (nSPS) is 27.7. The van der Waals surface area contributed by atoms with Crippen molar-refractivity contribution in [2.24, 2.45) is 0 Å². The summed E-state index contributed by atoms with van der Waals surface area (Å²) < 4.78 is 9.68. The van der Waals surface area contributed by atoms with E-state index in [2.05, 4.69) is 0 Å². The molecule has 1 rings (SSSR count). The molecule has 0 fully saturated rings. The third-order valence-corrected chi connectivity index (χ3v) is 2.96. The van der Waals surface area contributed by atoms with E-state index in [1.807, 2.05) is 0 Å². The van der Waals surface area contributed by atoms with Crippen molar-refractivity contribution in [3.05, 3.63) is 24.3 Å². The van der Waals surface area contributed by atoms with E-state index in [-0.39, 0.29) is 12.0 Å². The Bertz CT molecular complexity index is 376. The van der Waals surface area contributed by atoms with Crippen LogP contribution in [0.5, 0.6) is 0 Å². The Hall–Kier alpha value is -1.00. The molecule has 0 N–H and O–H groups in total. The topological polar surface area (TPSA) is 52.6 Å². The molecule has 4 nitrogen and oxygen atoms in total. The number of allylic oxidation sites excluding steroid dienone is 2. The summed E-state index contributed by atoms with van der Waals surface area (Å²) in [4.78, 5) is 21.7. The van der Waals surface area contributed by atoms with Crippen LogP contribution < -0.4 is 0 Å². The fourth-order valence-electron chi connectivity index (χ4n) is 1.28. The predicted molar refractivity (Wildman–Crippen MR) is 68.7 cm³/mol. The zero-order valence-electron chi connectivity index (χ0n) is 10.1. The maximum absolute atomic E-state index is 11.8. The highest BCUT2D eigenvalue weighted by molar-refractivity contribution is 6.37. The van der Waals surface area contributed by atoms with Gasteiger partial charge in [0.25, 0.3) is 0 Å². The van der Waals surface area contributed by atoms with Crippen molar-refractivity contribution in [1.82, 2.24) is 0 Å². The van der Waals surface area contributed by atoms with Gasteiger partial charge in [0.05, 0.1) is 12.0 Å². The second kappa shape index (κ2) is 6.25. The van der Waals surface area contributed by atoms with Crippen LogP contribution in [-0.2, 0) is 19.1 Å². The average molecular weight is 293 g/mol. The van der Waals surface area contributed by atoms with Crippen LogP contribution in [0.3, 0.4) is 0 Å². The predicted octanol–water partition coefficient (Wildman–Crippen LogP) is 2.19. The second-order valence-electron chi connectivity index (χ2n) is 3.73. The largest absolute Gasteiger partial charge is 0.463 e. The fraction of sp³-hybridized carbons (Fsp3) is 0.500. The average Bonchev–Trinajstić information content (AvgIpc) is 2.33. The highest BCUT2D eigenvalue weighted by Gasteiger charge is 2.36. The summed E-state index contributed by atoms with van der Waals surface area (Å²) in [6.45, 7) is 3.32. The number of carbonyl (C=O) groups excluding carboxylic acids is 2. The molecular weight excluding hydrogens is 279 g/mol. The summed E-state index contributed by atoms with van der Waals surface area (Å²) in [6.07, 6.45) is 5.03. The number of rotatable bonds is 4. The van der Waals surface area contributed by atoms with Gasteiger partial charge in [0.1, 0.15) is 0 Å². The lowest BCUT2D eigenvalue weighted by molar-refractivity contribution is -0.166. The van der Waals surface area contributed by atoms with Crippen molar-refractivity contribution in [2.45, 2.75) is 30.2 Å². The number of carbonyl (C=O) groups is 2. The van der Waals surface area contributed by atoms with Gasteiger partial charge in [-0.05, 0) is 13.8 Å². The Balaban J connectivity index is 2.63. The molecule has 0 heterocycles. The van der Waals surface area contributed by atoms with Gasteiger partial charge in [-0.3, -0.25) is 0 Å². The van der Waals surface area contributed by atoms with Crippen LogP contribution in [0.2, 0.25) is 0 Å². The van der Waals surface area contributed by atoms with Gasteiger partial charge >= 0.3 is 11.9 Å². The molecule has 0 radical (unpaired) electrons. The molecule has 0 aliphatic heterocycles. The van der Waals surface area contributed by atoms with E-state index >= 15 is 0 Å². The summed E-state index contributed by atoms with van der Waals surface area (Å²) in [5, 5.41) is -0.299. The molecule has 0 aromatic carbocycles. The summed E-state index contributed by atoms with van der Waals surface area (Å²) in [5.74, 6) is -1.34. The number of ether oxygens (including phenoxy) is 2. The zero-order chi connectivity index (χ0) is 13.8. The Morgan fingerprint density at radius 1 is 1.39 bits per heavy atom. The molecular formula is C12H14Cl2O4. The van der Waals surface area contributed by atoms with Crippen molar-refractivity contribution in [2.75, 3.05) is 6.61 Å². The lowest BCUT2D eigenvalue weighted by atomic mass is 10.0. The Morgan fingerprint density at radius 3 is 2.44 bits per heavy atom. The monoisotopic (exact) mass is 292 g/mol. The minimum Gasteiger partial charge on any atom is -0.463 e. The highest BCUT2D eigenvalue weighted by Crippen LogP contribution is 2.27. The third-order valence-electron chi connectivity index (χ3n) is 2.26. The first-order valence-corrected chi connectivity index (χ1v) is 6.30. The van der Waals surface area contributed by atoms with Crippen LogP contribution in [0.1, 0.15) is 13.8 Å². The second-order valence-corrected chi connectivity index (χ2v) is 4.86. The molecule has 0 bridgehead atoms. The molecule has 100 valence electrons. The van der Waals surface area contributed by atoms with Crippen molar-refractivity contribution in [3.8, 4) is 0 Å². The van der Waals surface area contributed by atoms with Crippen LogP contribution in [0.4, 0.5) is 0 Å². The van der Waals surface area contributed by atoms with Gasteiger partial charge in [-0.2, -0.15) is 0 Å². The van der Waals surface area contributed by atoms with E-state index in [1.165, 1.54) is 19.1 Å².